The number of nitrogens with one attached hydrogen (secondary N) is 2. The van der Waals surface area contributed by atoms with Crippen LogP contribution in [0, 0.1) is 5.92 Å². The molecule has 5 heteroatoms. The standard InChI is InChI=1S/C22H28N2O3/c1-4-16(2)20(24-21(25)18-8-6-5-7-9-18)22(26)23-15-14-17-10-12-19(27-3)13-11-17/h5-13,16,20H,4,14-15H2,1-3H3,(H,23,26)(H,24,25)/t16-,20-/m0/s1. The number of hydrogen-bond donors (Lipinski definition) is 2. The SMILES string of the molecule is CC[C@H](C)[C@H](NC(=O)c1ccccc1)C(=O)NCCc1ccc(OC)cc1. The maximum Gasteiger partial charge on any atom is 0.251 e. The van der Waals surface area contributed by atoms with E-state index in [0.717, 1.165) is 24.2 Å². The third-order valence-electron chi connectivity index (χ3n) is 4.69. The average molecular weight is 368 g/mol. The van der Waals surface area contributed by atoms with Crippen molar-refractivity contribution in [1.82, 2.24) is 10.6 Å². The summed E-state index contributed by atoms with van der Waals surface area (Å²) in [6, 6.07) is 16.2. The summed E-state index contributed by atoms with van der Waals surface area (Å²) in [6.45, 7) is 4.50. The van der Waals surface area contributed by atoms with Gasteiger partial charge in [-0.05, 0) is 42.2 Å². The summed E-state index contributed by atoms with van der Waals surface area (Å²) in [5.74, 6) is 0.468. The Morgan fingerprint density at radius 2 is 1.70 bits per heavy atom. The van der Waals surface area contributed by atoms with Gasteiger partial charge in [0.2, 0.25) is 5.91 Å². The summed E-state index contributed by atoms with van der Waals surface area (Å²) < 4.78 is 5.15. The molecule has 0 heterocycles. The summed E-state index contributed by atoms with van der Waals surface area (Å²) in [7, 11) is 1.63. The minimum atomic E-state index is -0.557. The van der Waals surface area contributed by atoms with Crippen LogP contribution in [0.5, 0.6) is 5.75 Å². The van der Waals surface area contributed by atoms with Gasteiger partial charge < -0.3 is 15.4 Å². The van der Waals surface area contributed by atoms with E-state index in [2.05, 4.69) is 10.6 Å². The van der Waals surface area contributed by atoms with Gasteiger partial charge in [0.25, 0.3) is 5.91 Å². The maximum atomic E-state index is 12.7. The Morgan fingerprint density at radius 1 is 1.04 bits per heavy atom. The van der Waals surface area contributed by atoms with Crippen LogP contribution in [-0.4, -0.2) is 31.5 Å². The Hall–Kier alpha value is -2.82. The second kappa shape index (κ2) is 10.4. The zero-order valence-electron chi connectivity index (χ0n) is 16.2. The van der Waals surface area contributed by atoms with Crippen LogP contribution in [0.4, 0.5) is 0 Å². The lowest BCUT2D eigenvalue weighted by Gasteiger charge is -2.23. The smallest absolute Gasteiger partial charge is 0.251 e. The fraction of sp³-hybridized carbons (Fsp3) is 0.364. The van der Waals surface area contributed by atoms with Crippen molar-refractivity contribution in [3.05, 3.63) is 65.7 Å². The molecule has 2 rings (SSSR count). The molecule has 0 bridgehead atoms. The summed E-state index contributed by atoms with van der Waals surface area (Å²) in [5, 5.41) is 5.83. The second-order valence-corrected chi connectivity index (χ2v) is 6.59. The van der Waals surface area contributed by atoms with Crippen LogP contribution >= 0.6 is 0 Å². The first-order chi connectivity index (χ1) is 13.0. The van der Waals surface area contributed by atoms with Gasteiger partial charge in [-0.2, -0.15) is 0 Å². The molecule has 0 saturated carbocycles. The monoisotopic (exact) mass is 368 g/mol. The molecule has 2 amide bonds. The van der Waals surface area contributed by atoms with Gasteiger partial charge >= 0.3 is 0 Å². The van der Waals surface area contributed by atoms with Gasteiger partial charge in [-0.3, -0.25) is 9.59 Å². The summed E-state index contributed by atoms with van der Waals surface area (Å²) in [6.07, 6.45) is 1.52. The van der Waals surface area contributed by atoms with Crippen LogP contribution in [0.1, 0.15) is 36.2 Å². The van der Waals surface area contributed by atoms with Crippen molar-refractivity contribution in [2.75, 3.05) is 13.7 Å². The van der Waals surface area contributed by atoms with Crippen molar-refractivity contribution in [2.24, 2.45) is 5.92 Å². The van der Waals surface area contributed by atoms with Gasteiger partial charge in [-0.1, -0.05) is 50.6 Å². The van der Waals surface area contributed by atoms with Gasteiger partial charge in [-0.15, -0.1) is 0 Å². The second-order valence-electron chi connectivity index (χ2n) is 6.59. The van der Waals surface area contributed by atoms with Gasteiger partial charge in [0.1, 0.15) is 11.8 Å². The Kier molecular flexibility index (Phi) is 7.86. The van der Waals surface area contributed by atoms with Gasteiger partial charge in [0.05, 0.1) is 7.11 Å². The Bertz CT molecular complexity index is 729. The van der Waals surface area contributed by atoms with Crippen LogP contribution in [-0.2, 0) is 11.2 Å². The molecule has 0 spiro atoms. The predicted octanol–water partition coefficient (Wildman–Crippen LogP) is 3.20. The molecular formula is C22H28N2O3. The molecule has 0 aliphatic rings. The number of methoxy groups -OCH3 is 1. The summed E-state index contributed by atoms with van der Waals surface area (Å²) in [5.41, 5.74) is 1.67. The quantitative estimate of drug-likeness (QED) is 0.714. The van der Waals surface area contributed by atoms with E-state index < -0.39 is 6.04 Å². The minimum absolute atomic E-state index is 0.0404. The van der Waals surface area contributed by atoms with Gasteiger partial charge in [-0.25, -0.2) is 0 Å². The highest BCUT2D eigenvalue weighted by molar-refractivity contribution is 5.97. The minimum Gasteiger partial charge on any atom is -0.497 e. The fourth-order valence-electron chi connectivity index (χ4n) is 2.75. The number of rotatable bonds is 9. The molecule has 2 aromatic rings. The van der Waals surface area contributed by atoms with Crippen molar-refractivity contribution in [3.8, 4) is 5.75 Å². The molecule has 2 N–H and O–H groups in total. The van der Waals surface area contributed by atoms with E-state index in [0.29, 0.717) is 12.1 Å². The Morgan fingerprint density at radius 3 is 2.30 bits per heavy atom. The van der Waals surface area contributed by atoms with Crippen molar-refractivity contribution in [1.29, 1.82) is 0 Å². The molecule has 144 valence electrons. The summed E-state index contributed by atoms with van der Waals surface area (Å²) >= 11 is 0. The number of hydrogen-bond acceptors (Lipinski definition) is 3. The van der Waals surface area contributed by atoms with E-state index in [9.17, 15) is 9.59 Å². The molecule has 0 fully saturated rings. The lowest BCUT2D eigenvalue weighted by molar-refractivity contribution is -0.124. The van der Waals surface area contributed by atoms with E-state index in [1.807, 2.05) is 56.3 Å². The molecule has 0 radical (unpaired) electrons. The first-order valence-corrected chi connectivity index (χ1v) is 9.31. The van der Waals surface area contributed by atoms with Crippen LogP contribution in [0.25, 0.3) is 0 Å². The number of benzene rings is 2. The molecule has 0 aromatic heterocycles. The molecule has 2 atom stereocenters. The van der Waals surface area contributed by atoms with E-state index in [1.54, 1.807) is 19.2 Å². The van der Waals surface area contributed by atoms with Crippen molar-refractivity contribution in [2.45, 2.75) is 32.7 Å². The predicted molar refractivity (Wildman–Crippen MR) is 107 cm³/mol. The van der Waals surface area contributed by atoms with Crippen molar-refractivity contribution in [3.63, 3.8) is 0 Å². The first kappa shape index (κ1) is 20.5. The maximum absolute atomic E-state index is 12.7. The highest BCUT2D eigenvalue weighted by atomic mass is 16.5. The Balaban J connectivity index is 1.92. The van der Waals surface area contributed by atoms with Crippen molar-refractivity contribution < 1.29 is 14.3 Å². The first-order valence-electron chi connectivity index (χ1n) is 9.31. The molecule has 0 aliphatic carbocycles. The highest BCUT2D eigenvalue weighted by Crippen LogP contribution is 2.12. The van der Waals surface area contributed by atoms with E-state index in [4.69, 9.17) is 4.74 Å². The fourth-order valence-corrected chi connectivity index (χ4v) is 2.75. The topological polar surface area (TPSA) is 67.4 Å². The van der Waals surface area contributed by atoms with E-state index in [1.165, 1.54) is 0 Å². The number of carbonyl (C=O) groups excluding carboxylic acids is 2. The third kappa shape index (κ3) is 6.13. The molecule has 27 heavy (non-hydrogen) atoms. The molecule has 0 unspecified atom stereocenters. The van der Waals surface area contributed by atoms with Gasteiger partial charge in [0, 0.05) is 12.1 Å². The number of carbonyl (C=O) groups is 2. The molecule has 0 aliphatic heterocycles. The molecule has 0 saturated heterocycles. The van der Waals surface area contributed by atoms with E-state index >= 15 is 0 Å². The Labute approximate surface area is 161 Å². The van der Waals surface area contributed by atoms with Crippen LogP contribution in [0.3, 0.4) is 0 Å². The molecular weight excluding hydrogens is 340 g/mol. The van der Waals surface area contributed by atoms with Crippen LogP contribution < -0.4 is 15.4 Å². The molecule has 5 nitrogen and oxygen atoms in total. The van der Waals surface area contributed by atoms with E-state index in [-0.39, 0.29) is 17.7 Å². The number of ether oxygens (including phenoxy) is 1. The zero-order chi connectivity index (χ0) is 19.6. The third-order valence-corrected chi connectivity index (χ3v) is 4.69. The van der Waals surface area contributed by atoms with Gasteiger partial charge in [0.15, 0.2) is 0 Å². The van der Waals surface area contributed by atoms with Crippen LogP contribution in [0.15, 0.2) is 54.6 Å². The largest absolute Gasteiger partial charge is 0.497 e. The number of amides is 2. The highest BCUT2D eigenvalue weighted by Gasteiger charge is 2.25. The molecule has 2 aromatic carbocycles. The average Bonchev–Trinajstić information content (AvgIpc) is 2.72. The lowest BCUT2D eigenvalue weighted by Crippen LogP contribution is -2.50. The normalized spacial score (nSPS) is 12.7. The summed E-state index contributed by atoms with van der Waals surface area (Å²) in [4.78, 5) is 25.1. The zero-order valence-corrected chi connectivity index (χ0v) is 16.2. The van der Waals surface area contributed by atoms with Crippen molar-refractivity contribution >= 4 is 11.8 Å². The van der Waals surface area contributed by atoms with Crippen LogP contribution in [0.2, 0.25) is 0 Å². The lowest BCUT2D eigenvalue weighted by atomic mass is 9.97.